The number of nitrogens with two attached hydrogens (primary N) is 1. The quantitative estimate of drug-likeness (QED) is 0.786. The Morgan fingerprint density at radius 1 is 1.19 bits per heavy atom. The van der Waals surface area contributed by atoms with Crippen molar-refractivity contribution in [3.63, 3.8) is 0 Å². The summed E-state index contributed by atoms with van der Waals surface area (Å²) in [6.45, 7) is 2.27. The Labute approximate surface area is 143 Å². The number of aliphatic hydroxyl groups is 1. The summed E-state index contributed by atoms with van der Waals surface area (Å²) >= 11 is 15.5. The van der Waals surface area contributed by atoms with Crippen LogP contribution in [0.4, 0.5) is 0 Å². The van der Waals surface area contributed by atoms with E-state index in [1.54, 1.807) is 12.1 Å². The van der Waals surface area contributed by atoms with E-state index in [4.69, 9.17) is 28.9 Å². The highest BCUT2D eigenvalue weighted by molar-refractivity contribution is 9.10. The third-order valence-electron chi connectivity index (χ3n) is 3.64. The first-order chi connectivity index (χ1) is 9.95. The molecule has 2 aromatic carbocycles. The molecule has 0 aliphatic rings. The van der Waals surface area contributed by atoms with Crippen LogP contribution in [0.2, 0.25) is 10.0 Å². The highest BCUT2D eigenvalue weighted by Gasteiger charge is 2.24. The average Bonchev–Trinajstić information content (AvgIpc) is 2.46. The van der Waals surface area contributed by atoms with Crippen LogP contribution < -0.4 is 5.73 Å². The van der Waals surface area contributed by atoms with Gasteiger partial charge < -0.3 is 10.8 Å². The van der Waals surface area contributed by atoms with Crippen molar-refractivity contribution in [3.05, 3.63) is 67.6 Å². The zero-order chi connectivity index (χ0) is 15.6. The van der Waals surface area contributed by atoms with Crippen LogP contribution in [-0.4, -0.2) is 11.7 Å². The topological polar surface area (TPSA) is 46.2 Å². The molecular weight excluding hydrogens is 373 g/mol. The lowest BCUT2D eigenvalue weighted by atomic mass is 9.87. The molecule has 2 aromatic rings. The second-order valence-corrected chi connectivity index (χ2v) is 6.58. The fourth-order valence-electron chi connectivity index (χ4n) is 2.35. The number of rotatable bonds is 4. The van der Waals surface area contributed by atoms with Gasteiger partial charge in [0, 0.05) is 16.9 Å². The molecule has 0 bridgehead atoms. The van der Waals surface area contributed by atoms with E-state index in [0.29, 0.717) is 16.6 Å². The van der Waals surface area contributed by atoms with Crippen molar-refractivity contribution in [3.8, 4) is 0 Å². The standard InChI is InChI=1S/C16H16BrCl2NO/c1-9-11(3-2-4-13(9)17)16(21)12(8-20)10-5-6-14(18)15(19)7-10/h2-7,12,16,21H,8,20H2,1H3. The van der Waals surface area contributed by atoms with Crippen molar-refractivity contribution in [2.24, 2.45) is 5.73 Å². The summed E-state index contributed by atoms with van der Waals surface area (Å²) in [4.78, 5) is 0. The molecular formula is C16H16BrCl2NO. The van der Waals surface area contributed by atoms with Gasteiger partial charge in [0.1, 0.15) is 0 Å². The molecule has 0 aliphatic heterocycles. The van der Waals surface area contributed by atoms with Crippen LogP contribution in [0.25, 0.3) is 0 Å². The second-order valence-electron chi connectivity index (χ2n) is 4.91. The van der Waals surface area contributed by atoms with Crippen molar-refractivity contribution in [1.82, 2.24) is 0 Å². The maximum absolute atomic E-state index is 10.7. The van der Waals surface area contributed by atoms with Crippen LogP contribution in [-0.2, 0) is 0 Å². The molecule has 0 aliphatic carbocycles. The largest absolute Gasteiger partial charge is 0.388 e. The van der Waals surface area contributed by atoms with Gasteiger partial charge in [0.25, 0.3) is 0 Å². The molecule has 0 saturated heterocycles. The summed E-state index contributed by atoms with van der Waals surface area (Å²) < 4.78 is 0.962. The lowest BCUT2D eigenvalue weighted by Gasteiger charge is -2.24. The van der Waals surface area contributed by atoms with Crippen molar-refractivity contribution in [1.29, 1.82) is 0 Å². The fraction of sp³-hybridized carbons (Fsp3) is 0.250. The van der Waals surface area contributed by atoms with E-state index in [9.17, 15) is 5.11 Å². The van der Waals surface area contributed by atoms with Crippen molar-refractivity contribution in [2.75, 3.05) is 6.54 Å². The number of benzene rings is 2. The van der Waals surface area contributed by atoms with Crippen LogP contribution in [0.5, 0.6) is 0 Å². The molecule has 0 heterocycles. The molecule has 0 aromatic heterocycles. The third kappa shape index (κ3) is 3.61. The molecule has 21 heavy (non-hydrogen) atoms. The molecule has 2 atom stereocenters. The summed E-state index contributed by atoms with van der Waals surface area (Å²) in [5.74, 6) is -0.243. The molecule has 0 amide bonds. The van der Waals surface area contributed by atoms with Gasteiger partial charge in [-0.3, -0.25) is 0 Å². The maximum atomic E-state index is 10.7. The fourth-order valence-corrected chi connectivity index (χ4v) is 3.04. The molecule has 2 unspecified atom stereocenters. The van der Waals surface area contributed by atoms with E-state index in [-0.39, 0.29) is 5.92 Å². The van der Waals surface area contributed by atoms with E-state index < -0.39 is 6.10 Å². The predicted octanol–water partition coefficient (Wildman–Crippen LogP) is 4.84. The summed E-state index contributed by atoms with van der Waals surface area (Å²) in [7, 11) is 0. The van der Waals surface area contributed by atoms with Crippen LogP contribution in [0, 0.1) is 6.92 Å². The van der Waals surface area contributed by atoms with Gasteiger partial charge in [-0.05, 0) is 41.8 Å². The number of hydrogen-bond acceptors (Lipinski definition) is 2. The maximum Gasteiger partial charge on any atom is 0.0873 e. The smallest absolute Gasteiger partial charge is 0.0873 e. The number of halogens is 3. The van der Waals surface area contributed by atoms with Crippen molar-refractivity contribution >= 4 is 39.1 Å². The monoisotopic (exact) mass is 387 g/mol. The molecule has 2 nitrogen and oxygen atoms in total. The molecule has 0 radical (unpaired) electrons. The van der Waals surface area contributed by atoms with Gasteiger partial charge in [0.15, 0.2) is 0 Å². The van der Waals surface area contributed by atoms with Crippen molar-refractivity contribution in [2.45, 2.75) is 18.9 Å². The summed E-state index contributed by atoms with van der Waals surface area (Å²) in [6, 6.07) is 11.1. The second kappa shape index (κ2) is 7.12. The Balaban J connectivity index is 2.40. The van der Waals surface area contributed by atoms with Crippen LogP contribution in [0.1, 0.15) is 28.7 Å². The van der Waals surface area contributed by atoms with E-state index in [1.807, 2.05) is 31.2 Å². The minimum atomic E-state index is -0.704. The Bertz CT molecular complexity index is 648. The van der Waals surface area contributed by atoms with Crippen LogP contribution >= 0.6 is 39.1 Å². The van der Waals surface area contributed by atoms with Gasteiger partial charge in [-0.2, -0.15) is 0 Å². The van der Waals surface area contributed by atoms with E-state index >= 15 is 0 Å². The molecule has 3 N–H and O–H groups in total. The third-order valence-corrected chi connectivity index (χ3v) is 5.23. The first kappa shape index (κ1) is 16.8. The SMILES string of the molecule is Cc1c(Br)cccc1C(O)C(CN)c1ccc(Cl)c(Cl)c1. The predicted molar refractivity (Wildman–Crippen MR) is 92.1 cm³/mol. The van der Waals surface area contributed by atoms with Gasteiger partial charge in [0.2, 0.25) is 0 Å². The van der Waals surface area contributed by atoms with Crippen LogP contribution in [0.3, 0.4) is 0 Å². The van der Waals surface area contributed by atoms with Gasteiger partial charge in [-0.25, -0.2) is 0 Å². The lowest BCUT2D eigenvalue weighted by molar-refractivity contribution is 0.146. The number of hydrogen-bond donors (Lipinski definition) is 2. The van der Waals surface area contributed by atoms with E-state index in [0.717, 1.165) is 21.2 Å². The summed E-state index contributed by atoms with van der Waals surface area (Å²) in [5, 5.41) is 11.7. The highest BCUT2D eigenvalue weighted by Crippen LogP contribution is 2.36. The zero-order valence-corrected chi connectivity index (χ0v) is 14.6. The molecule has 2 rings (SSSR count). The van der Waals surface area contributed by atoms with Gasteiger partial charge in [0.05, 0.1) is 16.1 Å². The normalized spacial score (nSPS) is 14.0. The zero-order valence-electron chi connectivity index (χ0n) is 11.5. The molecule has 0 spiro atoms. The van der Waals surface area contributed by atoms with Gasteiger partial charge in [-0.1, -0.05) is 57.3 Å². The first-order valence-electron chi connectivity index (χ1n) is 6.53. The van der Waals surface area contributed by atoms with Crippen LogP contribution in [0.15, 0.2) is 40.9 Å². The number of aliphatic hydroxyl groups excluding tert-OH is 1. The minimum absolute atomic E-state index is 0.243. The van der Waals surface area contributed by atoms with E-state index in [2.05, 4.69) is 15.9 Å². The first-order valence-corrected chi connectivity index (χ1v) is 8.08. The van der Waals surface area contributed by atoms with Gasteiger partial charge in [-0.15, -0.1) is 0 Å². The Morgan fingerprint density at radius 3 is 2.52 bits per heavy atom. The Hall–Kier alpha value is -0.580. The lowest BCUT2D eigenvalue weighted by Crippen LogP contribution is -2.21. The molecule has 0 fully saturated rings. The molecule has 5 heteroatoms. The average molecular weight is 389 g/mol. The minimum Gasteiger partial charge on any atom is -0.388 e. The van der Waals surface area contributed by atoms with E-state index in [1.165, 1.54) is 0 Å². The van der Waals surface area contributed by atoms with Gasteiger partial charge >= 0.3 is 0 Å². The summed E-state index contributed by atoms with van der Waals surface area (Å²) in [5.41, 5.74) is 8.60. The highest BCUT2D eigenvalue weighted by atomic mass is 79.9. The Morgan fingerprint density at radius 2 is 1.90 bits per heavy atom. The summed E-state index contributed by atoms with van der Waals surface area (Å²) in [6.07, 6.45) is -0.704. The molecule has 0 saturated carbocycles. The van der Waals surface area contributed by atoms with Crippen molar-refractivity contribution < 1.29 is 5.11 Å². The Kier molecular flexibility index (Phi) is 5.69. The molecule has 112 valence electrons.